The highest BCUT2D eigenvalue weighted by molar-refractivity contribution is 7.80. The van der Waals surface area contributed by atoms with E-state index >= 15 is 0 Å². The van der Waals surface area contributed by atoms with Gasteiger partial charge in [0, 0.05) is 31.4 Å². The number of nitrogens with one attached hydrogen (secondary N) is 1. The summed E-state index contributed by atoms with van der Waals surface area (Å²) in [6.07, 6.45) is 0. The molecule has 6 heteroatoms. The molecule has 1 aromatic rings. The number of hydrogen-bond acceptors (Lipinski definition) is 4. The van der Waals surface area contributed by atoms with E-state index in [4.69, 9.17) is 27.4 Å². The van der Waals surface area contributed by atoms with E-state index < -0.39 is 0 Å². The third-order valence-electron chi connectivity index (χ3n) is 2.88. The van der Waals surface area contributed by atoms with Gasteiger partial charge in [0.25, 0.3) is 0 Å². The fraction of sp³-hybridized carbons (Fsp3) is 0.462. The van der Waals surface area contributed by atoms with Gasteiger partial charge in [-0.25, -0.2) is 0 Å². The Morgan fingerprint density at radius 1 is 1.42 bits per heavy atom. The summed E-state index contributed by atoms with van der Waals surface area (Å²) in [6, 6.07) is 7.61. The largest absolute Gasteiger partial charge is 0.492 e. The Hall–Kier alpha value is -1.37. The molecule has 1 aliphatic rings. The van der Waals surface area contributed by atoms with Gasteiger partial charge in [0.2, 0.25) is 0 Å². The van der Waals surface area contributed by atoms with Crippen molar-refractivity contribution in [2.45, 2.75) is 0 Å². The summed E-state index contributed by atoms with van der Waals surface area (Å²) in [5.74, 6) is 0.814. The molecule has 0 aliphatic carbocycles. The molecule has 0 saturated carbocycles. The van der Waals surface area contributed by atoms with Crippen LogP contribution in [0.15, 0.2) is 24.3 Å². The van der Waals surface area contributed by atoms with E-state index in [1.54, 1.807) is 0 Å². The number of benzene rings is 1. The van der Waals surface area contributed by atoms with Crippen LogP contribution in [0.25, 0.3) is 0 Å². The highest BCUT2D eigenvalue weighted by Gasteiger charge is 2.09. The number of thiocarbonyl (C=S) groups is 1. The van der Waals surface area contributed by atoms with E-state index in [0.717, 1.165) is 44.3 Å². The Bertz CT molecular complexity index is 422. The molecule has 0 atom stereocenters. The van der Waals surface area contributed by atoms with Crippen molar-refractivity contribution in [1.29, 1.82) is 0 Å². The normalized spacial score (nSPS) is 16.0. The van der Waals surface area contributed by atoms with E-state index in [1.807, 2.05) is 24.3 Å². The highest BCUT2D eigenvalue weighted by atomic mass is 32.1. The van der Waals surface area contributed by atoms with Crippen LogP contribution in [0.3, 0.4) is 0 Å². The molecule has 1 aliphatic heterocycles. The summed E-state index contributed by atoms with van der Waals surface area (Å²) < 4.78 is 11.0. The summed E-state index contributed by atoms with van der Waals surface area (Å²) >= 11 is 4.80. The molecule has 0 amide bonds. The van der Waals surface area contributed by atoms with Crippen LogP contribution >= 0.6 is 12.2 Å². The van der Waals surface area contributed by atoms with E-state index in [-0.39, 0.29) is 5.11 Å². The topological polar surface area (TPSA) is 59.8 Å². The van der Waals surface area contributed by atoms with Crippen LogP contribution in [0.1, 0.15) is 0 Å². The molecule has 2 rings (SSSR count). The van der Waals surface area contributed by atoms with Crippen molar-refractivity contribution >= 4 is 23.0 Å². The van der Waals surface area contributed by atoms with Crippen molar-refractivity contribution in [2.75, 3.05) is 44.8 Å². The van der Waals surface area contributed by atoms with Gasteiger partial charge < -0.3 is 20.5 Å². The molecule has 0 aromatic heterocycles. The van der Waals surface area contributed by atoms with Gasteiger partial charge in [-0.05, 0) is 24.4 Å². The lowest BCUT2D eigenvalue weighted by Crippen LogP contribution is -2.38. The molecule has 1 heterocycles. The molecule has 3 N–H and O–H groups in total. The van der Waals surface area contributed by atoms with Crippen molar-refractivity contribution < 1.29 is 9.47 Å². The first-order valence-electron chi connectivity index (χ1n) is 6.33. The van der Waals surface area contributed by atoms with Crippen LogP contribution in [-0.2, 0) is 4.74 Å². The SMILES string of the molecule is NC(=S)Nc1cccc(OCCN2CCOCC2)c1. The number of rotatable bonds is 5. The lowest BCUT2D eigenvalue weighted by Gasteiger charge is -2.26. The maximum atomic E-state index is 5.72. The highest BCUT2D eigenvalue weighted by Crippen LogP contribution is 2.17. The standard InChI is InChI=1S/C13H19N3O2S/c14-13(19)15-11-2-1-3-12(10-11)18-9-6-16-4-7-17-8-5-16/h1-3,10H,4-9H2,(H3,14,15,19). The van der Waals surface area contributed by atoms with Gasteiger partial charge >= 0.3 is 0 Å². The van der Waals surface area contributed by atoms with Crippen LogP contribution in [0.4, 0.5) is 5.69 Å². The predicted molar refractivity (Wildman–Crippen MR) is 79.6 cm³/mol. The maximum absolute atomic E-state index is 5.72. The minimum Gasteiger partial charge on any atom is -0.492 e. The average molecular weight is 281 g/mol. The number of hydrogen-bond donors (Lipinski definition) is 2. The molecule has 19 heavy (non-hydrogen) atoms. The van der Waals surface area contributed by atoms with Crippen molar-refractivity contribution in [2.24, 2.45) is 5.73 Å². The number of nitrogens with zero attached hydrogens (tertiary/aromatic N) is 1. The van der Waals surface area contributed by atoms with E-state index in [1.165, 1.54) is 0 Å². The van der Waals surface area contributed by atoms with Gasteiger partial charge in [-0.3, -0.25) is 4.90 Å². The molecule has 104 valence electrons. The summed E-state index contributed by atoms with van der Waals surface area (Å²) in [5.41, 5.74) is 6.28. The zero-order chi connectivity index (χ0) is 13.5. The van der Waals surface area contributed by atoms with Crippen LogP contribution in [0, 0.1) is 0 Å². The van der Waals surface area contributed by atoms with E-state index in [0.29, 0.717) is 6.61 Å². The number of nitrogens with two attached hydrogens (primary N) is 1. The smallest absolute Gasteiger partial charge is 0.168 e. The summed E-state index contributed by atoms with van der Waals surface area (Å²) in [4.78, 5) is 2.33. The third kappa shape index (κ3) is 5.02. The number of anilines is 1. The minimum absolute atomic E-state index is 0.255. The first kappa shape index (κ1) is 14.0. The van der Waals surface area contributed by atoms with Crippen LogP contribution < -0.4 is 15.8 Å². The zero-order valence-corrected chi connectivity index (χ0v) is 11.6. The Morgan fingerprint density at radius 3 is 2.95 bits per heavy atom. The second-order valence-corrected chi connectivity index (χ2v) is 4.76. The molecule has 0 bridgehead atoms. The summed E-state index contributed by atoms with van der Waals surface area (Å²) in [5, 5.41) is 3.14. The van der Waals surface area contributed by atoms with Crippen molar-refractivity contribution in [3.63, 3.8) is 0 Å². The van der Waals surface area contributed by atoms with Crippen LogP contribution in [0.2, 0.25) is 0 Å². The summed E-state index contributed by atoms with van der Waals surface area (Å²) in [7, 11) is 0. The molecular formula is C13H19N3O2S. The van der Waals surface area contributed by atoms with Crippen LogP contribution in [0.5, 0.6) is 5.75 Å². The summed E-state index contributed by atoms with van der Waals surface area (Å²) in [6.45, 7) is 5.16. The van der Waals surface area contributed by atoms with Crippen molar-refractivity contribution in [1.82, 2.24) is 4.90 Å². The lowest BCUT2D eigenvalue weighted by molar-refractivity contribution is 0.0322. The first-order valence-corrected chi connectivity index (χ1v) is 6.74. The molecular weight excluding hydrogens is 262 g/mol. The molecule has 1 saturated heterocycles. The van der Waals surface area contributed by atoms with Gasteiger partial charge in [0.15, 0.2) is 5.11 Å². The Balaban J connectivity index is 1.77. The minimum atomic E-state index is 0.255. The number of ether oxygens (including phenoxy) is 2. The third-order valence-corrected chi connectivity index (χ3v) is 2.98. The molecule has 1 aromatic carbocycles. The van der Waals surface area contributed by atoms with Crippen molar-refractivity contribution in [3.8, 4) is 5.75 Å². The zero-order valence-electron chi connectivity index (χ0n) is 10.8. The molecule has 1 fully saturated rings. The van der Waals surface area contributed by atoms with Gasteiger partial charge in [0.1, 0.15) is 12.4 Å². The second kappa shape index (κ2) is 7.28. The van der Waals surface area contributed by atoms with Gasteiger partial charge in [-0.1, -0.05) is 6.07 Å². The number of morpholine rings is 1. The van der Waals surface area contributed by atoms with Crippen LogP contribution in [-0.4, -0.2) is 49.5 Å². The first-order chi connectivity index (χ1) is 9.24. The van der Waals surface area contributed by atoms with E-state index in [9.17, 15) is 0 Å². The predicted octanol–water partition coefficient (Wildman–Crippen LogP) is 1.05. The molecule has 5 nitrogen and oxygen atoms in total. The van der Waals surface area contributed by atoms with Gasteiger partial charge in [-0.2, -0.15) is 0 Å². The molecule has 0 radical (unpaired) electrons. The fourth-order valence-electron chi connectivity index (χ4n) is 1.92. The fourth-order valence-corrected chi connectivity index (χ4v) is 2.04. The average Bonchev–Trinajstić information content (AvgIpc) is 2.40. The molecule has 0 unspecified atom stereocenters. The maximum Gasteiger partial charge on any atom is 0.168 e. The Morgan fingerprint density at radius 2 is 2.21 bits per heavy atom. The van der Waals surface area contributed by atoms with Gasteiger partial charge in [0.05, 0.1) is 13.2 Å². The van der Waals surface area contributed by atoms with E-state index in [2.05, 4.69) is 10.2 Å². The quantitative estimate of drug-likeness (QED) is 0.787. The van der Waals surface area contributed by atoms with Crippen molar-refractivity contribution in [3.05, 3.63) is 24.3 Å². The second-order valence-electron chi connectivity index (χ2n) is 4.32. The Labute approximate surface area is 118 Å². The van der Waals surface area contributed by atoms with Gasteiger partial charge in [-0.15, -0.1) is 0 Å². The molecule has 0 spiro atoms. The lowest BCUT2D eigenvalue weighted by atomic mass is 10.3. The monoisotopic (exact) mass is 281 g/mol. The Kier molecular flexibility index (Phi) is 5.38.